The number of ether oxygens (including phenoxy) is 1. The predicted octanol–water partition coefficient (Wildman–Crippen LogP) is -0.310. The molecule has 1 heterocycles. The van der Waals surface area contributed by atoms with Gasteiger partial charge in [0.1, 0.15) is 0 Å². The lowest BCUT2D eigenvalue weighted by molar-refractivity contribution is -0.140. The smallest absolute Gasteiger partial charge is 0.247 e. The summed E-state index contributed by atoms with van der Waals surface area (Å²) in [6, 6.07) is -0.415. The van der Waals surface area contributed by atoms with Crippen molar-refractivity contribution < 1.29 is 14.3 Å². The highest BCUT2D eigenvalue weighted by Crippen LogP contribution is 2.15. The lowest BCUT2D eigenvalue weighted by Crippen LogP contribution is -2.43. The first-order valence-corrected chi connectivity index (χ1v) is 6.74. The van der Waals surface area contributed by atoms with Gasteiger partial charge < -0.3 is 15.0 Å². The number of rotatable bonds is 8. The van der Waals surface area contributed by atoms with Crippen molar-refractivity contribution in [2.24, 2.45) is 0 Å². The van der Waals surface area contributed by atoms with E-state index in [1.54, 1.807) is 7.11 Å². The summed E-state index contributed by atoms with van der Waals surface area (Å²) in [6.45, 7) is 6.78. The van der Waals surface area contributed by atoms with Crippen LogP contribution in [0.2, 0.25) is 0 Å². The Kier molecular flexibility index (Phi) is 6.41. The highest BCUT2D eigenvalue weighted by Gasteiger charge is 2.39. The maximum absolute atomic E-state index is 12.0. The number of nitrogens with zero attached hydrogens (tertiary/aromatic N) is 2. The van der Waals surface area contributed by atoms with E-state index in [1.807, 2.05) is 20.9 Å². The molecule has 1 atom stereocenters. The fourth-order valence-electron chi connectivity index (χ4n) is 2.14. The molecular weight excluding hydrogens is 246 g/mol. The molecular formula is C13H25N3O3. The van der Waals surface area contributed by atoms with E-state index in [-0.39, 0.29) is 30.3 Å². The molecule has 110 valence electrons. The fraction of sp³-hybridized carbons (Fsp3) is 0.846. The van der Waals surface area contributed by atoms with Crippen molar-refractivity contribution in [3.63, 3.8) is 0 Å². The van der Waals surface area contributed by atoms with Crippen LogP contribution in [0, 0.1) is 0 Å². The van der Waals surface area contributed by atoms with E-state index in [2.05, 4.69) is 10.2 Å². The normalized spacial score (nSPS) is 20.1. The van der Waals surface area contributed by atoms with Crippen molar-refractivity contribution in [1.82, 2.24) is 15.1 Å². The Morgan fingerprint density at radius 2 is 2.11 bits per heavy atom. The molecule has 2 amide bonds. The van der Waals surface area contributed by atoms with Gasteiger partial charge in [-0.3, -0.25) is 14.5 Å². The Morgan fingerprint density at radius 3 is 2.63 bits per heavy atom. The average molecular weight is 271 g/mol. The number of methoxy groups -OCH3 is 1. The van der Waals surface area contributed by atoms with Crippen molar-refractivity contribution in [2.75, 3.05) is 40.4 Å². The van der Waals surface area contributed by atoms with E-state index >= 15 is 0 Å². The van der Waals surface area contributed by atoms with Crippen molar-refractivity contribution in [2.45, 2.75) is 32.4 Å². The molecule has 0 spiro atoms. The molecule has 0 aliphatic carbocycles. The molecule has 0 saturated carbocycles. The molecule has 1 saturated heterocycles. The number of nitrogens with one attached hydrogen (secondary N) is 1. The molecule has 1 aliphatic rings. The standard InChI is InChI=1S/C13H25N3O3/c1-10(2)16-12(17)9-11(13(16)18)14-5-6-15(3)7-8-19-4/h10-11,14H,5-9H2,1-4H3. The van der Waals surface area contributed by atoms with Crippen LogP contribution in [0.25, 0.3) is 0 Å². The molecule has 0 aromatic carbocycles. The van der Waals surface area contributed by atoms with Crippen molar-refractivity contribution in [1.29, 1.82) is 0 Å². The van der Waals surface area contributed by atoms with Gasteiger partial charge in [-0.15, -0.1) is 0 Å². The summed E-state index contributed by atoms with van der Waals surface area (Å²) < 4.78 is 5.00. The zero-order valence-corrected chi connectivity index (χ0v) is 12.3. The Bertz CT molecular complexity index is 320. The first-order valence-electron chi connectivity index (χ1n) is 6.74. The Morgan fingerprint density at radius 1 is 1.42 bits per heavy atom. The Labute approximate surface area is 115 Å². The summed E-state index contributed by atoms with van der Waals surface area (Å²) in [6.07, 6.45) is 0.277. The number of hydrogen-bond donors (Lipinski definition) is 1. The van der Waals surface area contributed by atoms with Gasteiger partial charge in [0.2, 0.25) is 11.8 Å². The second kappa shape index (κ2) is 7.57. The molecule has 0 bridgehead atoms. The summed E-state index contributed by atoms with van der Waals surface area (Å²) in [4.78, 5) is 27.2. The highest BCUT2D eigenvalue weighted by molar-refractivity contribution is 6.05. The van der Waals surface area contributed by atoms with Crippen LogP contribution in [0.4, 0.5) is 0 Å². The van der Waals surface area contributed by atoms with Gasteiger partial charge in [-0.2, -0.15) is 0 Å². The van der Waals surface area contributed by atoms with Gasteiger partial charge in [0.25, 0.3) is 0 Å². The Balaban J connectivity index is 2.31. The quantitative estimate of drug-likeness (QED) is 0.614. The lowest BCUT2D eigenvalue weighted by Gasteiger charge is -2.20. The van der Waals surface area contributed by atoms with Gasteiger partial charge in [-0.25, -0.2) is 0 Å². The minimum Gasteiger partial charge on any atom is -0.383 e. The molecule has 1 unspecified atom stereocenters. The average Bonchev–Trinajstić information content (AvgIpc) is 2.62. The van der Waals surface area contributed by atoms with E-state index in [0.29, 0.717) is 13.2 Å². The van der Waals surface area contributed by atoms with E-state index < -0.39 is 0 Å². The number of likely N-dealkylation sites (tertiary alicyclic amines) is 1. The minimum absolute atomic E-state index is 0.0591. The summed E-state index contributed by atoms with van der Waals surface area (Å²) in [5.74, 6) is -0.176. The molecule has 1 rings (SSSR count). The van der Waals surface area contributed by atoms with Crippen LogP contribution in [-0.4, -0.2) is 74.1 Å². The van der Waals surface area contributed by atoms with E-state index in [0.717, 1.165) is 13.1 Å². The van der Waals surface area contributed by atoms with Crippen LogP contribution in [0.1, 0.15) is 20.3 Å². The molecule has 19 heavy (non-hydrogen) atoms. The third kappa shape index (κ3) is 4.56. The third-order valence-corrected chi connectivity index (χ3v) is 3.26. The third-order valence-electron chi connectivity index (χ3n) is 3.26. The van der Waals surface area contributed by atoms with Gasteiger partial charge in [-0.1, -0.05) is 0 Å². The minimum atomic E-state index is -0.356. The molecule has 1 N–H and O–H groups in total. The van der Waals surface area contributed by atoms with Gasteiger partial charge in [-0.05, 0) is 20.9 Å². The van der Waals surface area contributed by atoms with Crippen molar-refractivity contribution in [3.8, 4) is 0 Å². The van der Waals surface area contributed by atoms with Gasteiger partial charge in [0, 0.05) is 32.8 Å². The summed E-state index contributed by atoms with van der Waals surface area (Å²) in [5.41, 5.74) is 0. The van der Waals surface area contributed by atoms with Crippen LogP contribution < -0.4 is 5.32 Å². The van der Waals surface area contributed by atoms with Crippen molar-refractivity contribution in [3.05, 3.63) is 0 Å². The first kappa shape index (κ1) is 16.1. The zero-order chi connectivity index (χ0) is 14.4. The second-order valence-electron chi connectivity index (χ2n) is 5.20. The number of amides is 2. The number of imide groups is 1. The Hall–Kier alpha value is -0.980. The first-order chi connectivity index (χ1) is 8.97. The molecule has 1 fully saturated rings. The number of hydrogen-bond acceptors (Lipinski definition) is 5. The number of carbonyl (C=O) groups excluding carboxylic acids is 2. The van der Waals surface area contributed by atoms with Crippen LogP contribution in [0.15, 0.2) is 0 Å². The molecule has 0 radical (unpaired) electrons. The van der Waals surface area contributed by atoms with Crippen LogP contribution in [-0.2, 0) is 14.3 Å². The predicted molar refractivity (Wildman–Crippen MR) is 72.8 cm³/mol. The maximum atomic E-state index is 12.0. The van der Waals surface area contributed by atoms with E-state index in [4.69, 9.17) is 4.74 Å². The molecule has 6 heteroatoms. The van der Waals surface area contributed by atoms with Crippen LogP contribution in [0.3, 0.4) is 0 Å². The molecule has 0 aromatic rings. The number of carbonyl (C=O) groups is 2. The number of likely N-dealkylation sites (N-methyl/N-ethyl adjacent to an activating group) is 1. The van der Waals surface area contributed by atoms with Crippen LogP contribution >= 0.6 is 0 Å². The summed E-state index contributed by atoms with van der Waals surface area (Å²) in [7, 11) is 3.68. The van der Waals surface area contributed by atoms with Gasteiger partial charge >= 0.3 is 0 Å². The largest absolute Gasteiger partial charge is 0.383 e. The maximum Gasteiger partial charge on any atom is 0.247 e. The van der Waals surface area contributed by atoms with Crippen molar-refractivity contribution >= 4 is 11.8 Å². The second-order valence-corrected chi connectivity index (χ2v) is 5.20. The van der Waals surface area contributed by atoms with E-state index in [9.17, 15) is 9.59 Å². The van der Waals surface area contributed by atoms with Crippen LogP contribution in [0.5, 0.6) is 0 Å². The van der Waals surface area contributed by atoms with Gasteiger partial charge in [0.15, 0.2) is 0 Å². The SMILES string of the molecule is COCCN(C)CCNC1CC(=O)N(C(C)C)C1=O. The molecule has 1 aliphatic heterocycles. The highest BCUT2D eigenvalue weighted by atomic mass is 16.5. The summed E-state index contributed by atoms with van der Waals surface area (Å²) in [5, 5.41) is 3.16. The molecule has 0 aromatic heterocycles. The van der Waals surface area contributed by atoms with Gasteiger partial charge in [0.05, 0.1) is 19.1 Å². The summed E-state index contributed by atoms with van der Waals surface area (Å²) >= 11 is 0. The fourth-order valence-corrected chi connectivity index (χ4v) is 2.14. The topological polar surface area (TPSA) is 61.9 Å². The molecule has 6 nitrogen and oxygen atoms in total. The lowest BCUT2D eigenvalue weighted by atomic mass is 10.2. The van der Waals surface area contributed by atoms with E-state index in [1.165, 1.54) is 4.90 Å². The zero-order valence-electron chi connectivity index (χ0n) is 12.3. The monoisotopic (exact) mass is 271 g/mol.